The molecule has 0 fully saturated rings. The van der Waals surface area contributed by atoms with Gasteiger partial charge in [0.05, 0.1) is 22.7 Å². The van der Waals surface area contributed by atoms with Gasteiger partial charge < -0.3 is 19.3 Å². The van der Waals surface area contributed by atoms with E-state index in [1.807, 2.05) is 0 Å². The first-order chi connectivity index (χ1) is 11.4. The lowest BCUT2D eigenvalue weighted by molar-refractivity contribution is 0.0696. The summed E-state index contributed by atoms with van der Waals surface area (Å²) in [5.74, 6) is -0.0343. The number of methoxy groups -OCH3 is 1. The molecule has 0 saturated carbocycles. The lowest BCUT2D eigenvalue weighted by Gasteiger charge is -2.13. The van der Waals surface area contributed by atoms with E-state index in [1.165, 1.54) is 37.4 Å². The van der Waals surface area contributed by atoms with Crippen LogP contribution in [0.25, 0.3) is 0 Å². The minimum absolute atomic E-state index is 0.0931. The molecule has 0 aliphatic heterocycles. The Kier molecular flexibility index (Phi) is 6.43. The second-order valence-corrected chi connectivity index (χ2v) is 5.82. The molecule has 0 unspecified atom stereocenters. The van der Waals surface area contributed by atoms with Crippen molar-refractivity contribution >= 4 is 40.8 Å². The van der Waals surface area contributed by atoms with E-state index >= 15 is 0 Å². The van der Waals surface area contributed by atoms with Crippen molar-refractivity contribution in [2.24, 2.45) is 0 Å². The van der Waals surface area contributed by atoms with Crippen LogP contribution in [-0.2, 0) is 0 Å². The van der Waals surface area contributed by atoms with Crippen molar-refractivity contribution in [3.05, 3.63) is 51.0 Å². The first kappa shape index (κ1) is 18.5. The highest BCUT2D eigenvalue weighted by Crippen LogP contribution is 2.35. The maximum atomic E-state index is 11.0. The Labute approximate surface area is 153 Å². The van der Waals surface area contributed by atoms with Crippen molar-refractivity contribution < 1.29 is 24.1 Å². The Balaban J connectivity index is 2.00. The number of hydrogen-bond donors (Lipinski definition) is 1. The molecule has 24 heavy (non-hydrogen) atoms. The lowest BCUT2D eigenvalue weighted by atomic mass is 10.2. The normalized spacial score (nSPS) is 10.3. The number of ether oxygens (including phenoxy) is 3. The maximum Gasteiger partial charge on any atom is 0.335 e. The van der Waals surface area contributed by atoms with Crippen LogP contribution >= 0.6 is 34.8 Å². The van der Waals surface area contributed by atoms with E-state index in [0.717, 1.165) is 0 Å². The third-order valence-electron chi connectivity index (χ3n) is 2.96. The number of carbonyl (C=O) groups is 1. The van der Waals surface area contributed by atoms with Crippen LogP contribution in [-0.4, -0.2) is 31.4 Å². The summed E-state index contributed by atoms with van der Waals surface area (Å²) in [5, 5.41) is 10.0. The Bertz CT molecular complexity index is 725. The summed E-state index contributed by atoms with van der Waals surface area (Å²) in [7, 11) is 1.46. The van der Waals surface area contributed by atoms with Crippen LogP contribution in [0.4, 0.5) is 0 Å². The Morgan fingerprint density at radius 3 is 2.21 bits per heavy atom. The van der Waals surface area contributed by atoms with E-state index in [2.05, 4.69) is 0 Å². The van der Waals surface area contributed by atoms with Crippen LogP contribution in [0.1, 0.15) is 10.4 Å². The van der Waals surface area contributed by atoms with E-state index < -0.39 is 5.97 Å². The standard InChI is InChI=1S/C16H13Cl3O5/c1-22-13-3-2-9(16(20)21)6-14(13)23-4-5-24-15-11(18)7-10(17)8-12(15)19/h2-3,6-8H,4-5H2,1H3,(H,20,21). The summed E-state index contributed by atoms with van der Waals surface area (Å²) in [6.45, 7) is 0.274. The molecule has 0 atom stereocenters. The molecular formula is C16H13Cl3O5. The zero-order chi connectivity index (χ0) is 17.7. The fourth-order valence-corrected chi connectivity index (χ4v) is 2.81. The molecule has 2 aromatic carbocycles. The number of benzene rings is 2. The zero-order valence-corrected chi connectivity index (χ0v) is 14.8. The van der Waals surface area contributed by atoms with Gasteiger partial charge in [-0.3, -0.25) is 0 Å². The SMILES string of the molecule is COc1ccc(C(=O)O)cc1OCCOc1c(Cl)cc(Cl)cc1Cl. The maximum absolute atomic E-state index is 11.0. The molecule has 128 valence electrons. The molecule has 0 aromatic heterocycles. The average Bonchev–Trinajstić information content (AvgIpc) is 2.52. The van der Waals surface area contributed by atoms with Crippen molar-refractivity contribution in [2.45, 2.75) is 0 Å². The molecule has 0 heterocycles. The monoisotopic (exact) mass is 390 g/mol. The minimum atomic E-state index is -1.06. The Morgan fingerprint density at radius 1 is 1.00 bits per heavy atom. The summed E-state index contributed by atoms with van der Waals surface area (Å²) < 4.78 is 16.1. The van der Waals surface area contributed by atoms with Crippen LogP contribution in [0.15, 0.2) is 30.3 Å². The van der Waals surface area contributed by atoms with Crippen molar-refractivity contribution in [1.82, 2.24) is 0 Å². The van der Waals surface area contributed by atoms with Crippen LogP contribution in [0.5, 0.6) is 17.2 Å². The largest absolute Gasteiger partial charge is 0.493 e. The Hall–Kier alpha value is -1.82. The van der Waals surface area contributed by atoms with Crippen LogP contribution in [0, 0.1) is 0 Å². The predicted octanol–water partition coefficient (Wildman–Crippen LogP) is 4.81. The fourth-order valence-electron chi connectivity index (χ4n) is 1.88. The van der Waals surface area contributed by atoms with Gasteiger partial charge in [0.15, 0.2) is 17.2 Å². The molecule has 0 radical (unpaired) electrons. The fraction of sp³-hybridized carbons (Fsp3) is 0.188. The van der Waals surface area contributed by atoms with Crippen molar-refractivity contribution in [2.75, 3.05) is 20.3 Å². The van der Waals surface area contributed by atoms with Crippen LogP contribution < -0.4 is 14.2 Å². The zero-order valence-electron chi connectivity index (χ0n) is 12.5. The summed E-state index contributed by atoms with van der Waals surface area (Å²) in [6, 6.07) is 7.36. The molecule has 0 saturated heterocycles. The first-order valence-corrected chi connectivity index (χ1v) is 7.87. The van der Waals surface area contributed by atoms with Gasteiger partial charge in [-0.2, -0.15) is 0 Å². The van der Waals surface area contributed by atoms with E-state index in [0.29, 0.717) is 22.3 Å². The molecule has 0 aliphatic carbocycles. The number of hydrogen-bond acceptors (Lipinski definition) is 4. The van der Waals surface area contributed by atoms with Crippen LogP contribution in [0.2, 0.25) is 15.1 Å². The molecule has 2 rings (SSSR count). The number of carboxylic acids is 1. The van der Waals surface area contributed by atoms with Gasteiger partial charge in [-0.05, 0) is 30.3 Å². The van der Waals surface area contributed by atoms with E-state index in [9.17, 15) is 4.79 Å². The third kappa shape index (κ3) is 4.60. The smallest absolute Gasteiger partial charge is 0.335 e. The number of carboxylic acid groups (broad SMARTS) is 1. The average molecular weight is 392 g/mol. The summed E-state index contributed by atoms with van der Waals surface area (Å²) in [6.07, 6.45) is 0. The van der Waals surface area contributed by atoms with E-state index in [4.69, 9.17) is 54.1 Å². The molecule has 0 amide bonds. The van der Waals surface area contributed by atoms with Crippen molar-refractivity contribution in [1.29, 1.82) is 0 Å². The van der Waals surface area contributed by atoms with Gasteiger partial charge in [0.25, 0.3) is 0 Å². The second-order valence-electron chi connectivity index (χ2n) is 4.57. The van der Waals surface area contributed by atoms with Gasteiger partial charge in [0.1, 0.15) is 13.2 Å². The van der Waals surface area contributed by atoms with Crippen LogP contribution in [0.3, 0.4) is 0 Å². The van der Waals surface area contributed by atoms with Gasteiger partial charge in [0, 0.05) is 5.02 Å². The summed E-state index contributed by atoms with van der Waals surface area (Å²) in [5.41, 5.74) is 0.0931. The highest BCUT2D eigenvalue weighted by molar-refractivity contribution is 6.40. The quantitative estimate of drug-likeness (QED) is 0.686. The number of rotatable bonds is 7. The summed E-state index contributed by atoms with van der Waals surface area (Å²) in [4.78, 5) is 11.0. The van der Waals surface area contributed by atoms with E-state index in [-0.39, 0.29) is 28.8 Å². The van der Waals surface area contributed by atoms with Crippen molar-refractivity contribution in [3.8, 4) is 17.2 Å². The molecule has 0 aliphatic rings. The van der Waals surface area contributed by atoms with Gasteiger partial charge in [0.2, 0.25) is 0 Å². The molecule has 0 bridgehead atoms. The highest BCUT2D eigenvalue weighted by Gasteiger charge is 2.12. The molecule has 5 nitrogen and oxygen atoms in total. The minimum Gasteiger partial charge on any atom is -0.493 e. The highest BCUT2D eigenvalue weighted by atomic mass is 35.5. The van der Waals surface area contributed by atoms with Gasteiger partial charge in [-0.1, -0.05) is 34.8 Å². The predicted molar refractivity (Wildman–Crippen MR) is 92.4 cm³/mol. The second kappa shape index (κ2) is 8.33. The first-order valence-electron chi connectivity index (χ1n) is 6.74. The molecular weight excluding hydrogens is 379 g/mol. The molecule has 1 N–H and O–H groups in total. The third-order valence-corrected chi connectivity index (χ3v) is 3.74. The lowest BCUT2D eigenvalue weighted by Crippen LogP contribution is -2.10. The number of halogens is 3. The summed E-state index contributed by atoms with van der Waals surface area (Å²) >= 11 is 17.9. The molecule has 0 spiro atoms. The molecule has 2 aromatic rings. The van der Waals surface area contributed by atoms with Gasteiger partial charge in [-0.25, -0.2) is 4.79 Å². The molecule has 8 heteroatoms. The van der Waals surface area contributed by atoms with Crippen molar-refractivity contribution in [3.63, 3.8) is 0 Å². The van der Waals surface area contributed by atoms with Gasteiger partial charge >= 0.3 is 5.97 Å². The van der Waals surface area contributed by atoms with Gasteiger partial charge in [-0.15, -0.1) is 0 Å². The topological polar surface area (TPSA) is 65.0 Å². The number of aromatic carboxylic acids is 1. The Morgan fingerprint density at radius 2 is 1.62 bits per heavy atom. The van der Waals surface area contributed by atoms with E-state index in [1.54, 1.807) is 0 Å².